The van der Waals surface area contributed by atoms with Crippen LogP contribution in [0.3, 0.4) is 0 Å². The molecule has 1 fully saturated rings. The highest BCUT2D eigenvalue weighted by molar-refractivity contribution is 5.92. The van der Waals surface area contributed by atoms with Crippen LogP contribution in [0.15, 0.2) is 54.6 Å². The van der Waals surface area contributed by atoms with Crippen molar-refractivity contribution in [1.82, 2.24) is 10.2 Å². The maximum absolute atomic E-state index is 12.4. The number of nitrogens with one attached hydrogen (secondary N) is 1. The molecule has 2 aromatic carbocycles. The maximum atomic E-state index is 12.4. The fraction of sp³-hybridized carbons (Fsp3) is 0.364. The standard InChI is InChI=1S/C22H26N2O4/c1-15-19(24(15)20(25)23-21(26)28-22(2,3)4)17-11-8-12-18(13-17)27-14-16-9-6-5-7-10-16/h5-13,15,19H,14H2,1-4H3,(H,23,25,26)/t15-,19+,24?/m1/s1. The van der Waals surface area contributed by atoms with Gasteiger partial charge in [0.2, 0.25) is 0 Å². The fourth-order valence-electron chi connectivity index (χ4n) is 3.08. The lowest BCUT2D eigenvalue weighted by Crippen LogP contribution is -2.39. The highest BCUT2D eigenvalue weighted by Crippen LogP contribution is 2.43. The van der Waals surface area contributed by atoms with Crippen LogP contribution in [0.2, 0.25) is 0 Å². The number of imide groups is 1. The van der Waals surface area contributed by atoms with E-state index in [9.17, 15) is 9.59 Å². The SMILES string of the molecule is C[C@@H]1[C@@H](c2cccc(OCc3ccccc3)c2)N1C(=O)NC(=O)OC(C)(C)C. The third-order valence-electron chi connectivity index (χ3n) is 4.40. The first-order chi connectivity index (χ1) is 13.2. The molecule has 6 nitrogen and oxygen atoms in total. The summed E-state index contributed by atoms with van der Waals surface area (Å²) < 4.78 is 11.0. The van der Waals surface area contributed by atoms with Crippen LogP contribution in [0.25, 0.3) is 0 Å². The van der Waals surface area contributed by atoms with Crippen molar-refractivity contribution < 1.29 is 19.1 Å². The van der Waals surface area contributed by atoms with Gasteiger partial charge in [-0.3, -0.25) is 0 Å². The summed E-state index contributed by atoms with van der Waals surface area (Å²) in [6.45, 7) is 7.67. The van der Waals surface area contributed by atoms with Crippen molar-refractivity contribution in [3.8, 4) is 5.75 Å². The lowest BCUT2D eigenvalue weighted by molar-refractivity contribution is 0.0542. The molecule has 2 aromatic rings. The first kappa shape index (κ1) is 19.7. The van der Waals surface area contributed by atoms with Gasteiger partial charge in [-0.05, 0) is 51.0 Å². The molecule has 1 N–H and O–H groups in total. The number of ether oxygens (including phenoxy) is 2. The summed E-state index contributed by atoms with van der Waals surface area (Å²) in [5.74, 6) is 0.743. The number of alkyl carbamates (subject to hydrolysis) is 1. The average molecular weight is 382 g/mol. The second-order valence-corrected chi connectivity index (χ2v) is 7.87. The topological polar surface area (TPSA) is 67.6 Å². The Morgan fingerprint density at radius 1 is 1.07 bits per heavy atom. The van der Waals surface area contributed by atoms with Crippen LogP contribution in [0, 0.1) is 0 Å². The summed E-state index contributed by atoms with van der Waals surface area (Å²) in [6.07, 6.45) is -0.740. The van der Waals surface area contributed by atoms with Gasteiger partial charge in [0.15, 0.2) is 0 Å². The Balaban J connectivity index is 1.59. The third kappa shape index (κ3) is 5.03. The fourth-order valence-corrected chi connectivity index (χ4v) is 3.08. The Labute approximate surface area is 165 Å². The zero-order valence-corrected chi connectivity index (χ0v) is 16.6. The van der Waals surface area contributed by atoms with Crippen molar-refractivity contribution >= 4 is 12.1 Å². The maximum Gasteiger partial charge on any atom is 0.415 e. The van der Waals surface area contributed by atoms with Crippen LogP contribution in [0.4, 0.5) is 9.59 Å². The quantitative estimate of drug-likeness (QED) is 0.781. The molecule has 1 aliphatic heterocycles. The second kappa shape index (κ2) is 7.92. The van der Waals surface area contributed by atoms with Gasteiger partial charge < -0.3 is 14.4 Å². The molecule has 28 heavy (non-hydrogen) atoms. The summed E-state index contributed by atoms with van der Waals surface area (Å²) >= 11 is 0. The third-order valence-corrected chi connectivity index (χ3v) is 4.40. The molecule has 0 aromatic heterocycles. The Hall–Kier alpha value is -3.02. The summed E-state index contributed by atoms with van der Waals surface area (Å²) in [4.78, 5) is 25.8. The second-order valence-electron chi connectivity index (χ2n) is 7.87. The number of amides is 3. The molecule has 3 rings (SSSR count). The number of urea groups is 1. The number of rotatable bonds is 4. The summed E-state index contributed by atoms with van der Waals surface area (Å²) in [5, 5.41) is 2.28. The van der Waals surface area contributed by atoms with Crippen molar-refractivity contribution in [2.24, 2.45) is 0 Å². The highest BCUT2D eigenvalue weighted by Gasteiger charge is 2.49. The normalized spacial score (nSPS) is 18.4. The lowest BCUT2D eigenvalue weighted by atomic mass is 10.1. The number of nitrogens with zero attached hydrogens (tertiary/aromatic N) is 1. The molecule has 1 aliphatic rings. The number of benzene rings is 2. The largest absolute Gasteiger partial charge is 0.489 e. The van der Waals surface area contributed by atoms with E-state index in [1.165, 1.54) is 0 Å². The van der Waals surface area contributed by atoms with Crippen molar-refractivity contribution in [2.75, 3.05) is 0 Å². The molecule has 2 atom stereocenters. The number of carbonyl (C=O) groups is 2. The molecule has 0 bridgehead atoms. The molecule has 0 unspecified atom stereocenters. The first-order valence-corrected chi connectivity index (χ1v) is 9.33. The van der Waals surface area contributed by atoms with Gasteiger partial charge in [-0.25, -0.2) is 14.9 Å². The van der Waals surface area contributed by atoms with Crippen molar-refractivity contribution in [3.63, 3.8) is 0 Å². The molecule has 0 spiro atoms. The molecule has 6 heteroatoms. The average Bonchev–Trinajstić information content (AvgIpc) is 3.31. The number of hydrogen-bond donors (Lipinski definition) is 1. The minimum absolute atomic E-state index is 0.00758. The molecular weight excluding hydrogens is 356 g/mol. The number of hydrogen-bond acceptors (Lipinski definition) is 4. The van der Waals surface area contributed by atoms with E-state index in [0.717, 1.165) is 16.9 Å². The molecular formula is C22H26N2O4. The van der Waals surface area contributed by atoms with Crippen LogP contribution in [-0.4, -0.2) is 28.7 Å². The van der Waals surface area contributed by atoms with Gasteiger partial charge in [0.25, 0.3) is 0 Å². The van der Waals surface area contributed by atoms with E-state index in [1.54, 1.807) is 25.7 Å². The molecule has 1 saturated heterocycles. The predicted molar refractivity (Wildman–Crippen MR) is 106 cm³/mol. The van der Waals surface area contributed by atoms with Crippen LogP contribution in [0.5, 0.6) is 5.75 Å². The molecule has 0 saturated carbocycles. The van der Waals surface area contributed by atoms with Crippen LogP contribution < -0.4 is 10.1 Å². The van der Waals surface area contributed by atoms with E-state index in [1.807, 2.05) is 61.5 Å². The minimum atomic E-state index is -0.740. The van der Waals surface area contributed by atoms with E-state index in [4.69, 9.17) is 9.47 Å². The predicted octanol–water partition coefficient (Wildman–Crippen LogP) is 4.66. The molecule has 1 heterocycles. The minimum Gasteiger partial charge on any atom is -0.489 e. The molecule has 3 amide bonds. The summed E-state index contributed by atoms with van der Waals surface area (Å²) in [6, 6.07) is 17.1. The van der Waals surface area contributed by atoms with Gasteiger partial charge in [-0.1, -0.05) is 42.5 Å². The van der Waals surface area contributed by atoms with Crippen LogP contribution >= 0.6 is 0 Å². The molecule has 0 aliphatic carbocycles. The van der Waals surface area contributed by atoms with Gasteiger partial charge >= 0.3 is 12.1 Å². The monoisotopic (exact) mass is 382 g/mol. The van der Waals surface area contributed by atoms with E-state index < -0.39 is 17.7 Å². The number of carbonyl (C=O) groups excluding carboxylic acids is 2. The van der Waals surface area contributed by atoms with Gasteiger partial charge in [-0.15, -0.1) is 0 Å². The van der Waals surface area contributed by atoms with E-state index >= 15 is 0 Å². The van der Waals surface area contributed by atoms with E-state index in [-0.39, 0.29) is 12.1 Å². The summed E-state index contributed by atoms with van der Waals surface area (Å²) in [5.41, 5.74) is 1.40. The first-order valence-electron chi connectivity index (χ1n) is 9.33. The zero-order valence-electron chi connectivity index (χ0n) is 16.6. The van der Waals surface area contributed by atoms with Crippen molar-refractivity contribution in [2.45, 2.75) is 52.0 Å². The van der Waals surface area contributed by atoms with Crippen LogP contribution in [-0.2, 0) is 11.3 Å². The van der Waals surface area contributed by atoms with Crippen molar-refractivity contribution in [3.05, 3.63) is 65.7 Å². The summed E-state index contributed by atoms with van der Waals surface area (Å²) in [7, 11) is 0. The van der Waals surface area contributed by atoms with Crippen molar-refractivity contribution in [1.29, 1.82) is 0 Å². The molecule has 148 valence electrons. The lowest BCUT2D eigenvalue weighted by Gasteiger charge is -2.19. The van der Waals surface area contributed by atoms with Gasteiger partial charge in [0.05, 0.1) is 12.1 Å². The van der Waals surface area contributed by atoms with E-state index in [2.05, 4.69) is 5.32 Å². The van der Waals surface area contributed by atoms with Gasteiger partial charge in [0.1, 0.15) is 18.0 Å². The Morgan fingerprint density at radius 2 is 1.79 bits per heavy atom. The Kier molecular flexibility index (Phi) is 5.58. The smallest absolute Gasteiger partial charge is 0.415 e. The highest BCUT2D eigenvalue weighted by atomic mass is 16.6. The zero-order chi connectivity index (χ0) is 20.3. The van der Waals surface area contributed by atoms with Gasteiger partial charge in [-0.2, -0.15) is 0 Å². The molecule has 0 radical (unpaired) electrons. The van der Waals surface area contributed by atoms with Crippen LogP contribution in [0.1, 0.15) is 44.9 Å². The van der Waals surface area contributed by atoms with E-state index in [0.29, 0.717) is 6.61 Å². The Bertz CT molecular complexity index is 845. The van der Waals surface area contributed by atoms with Gasteiger partial charge in [0, 0.05) is 0 Å². The Morgan fingerprint density at radius 3 is 2.46 bits per heavy atom.